The fourth-order valence-electron chi connectivity index (χ4n) is 2.96. The lowest BCUT2D eigenvalue weighted by Crippen LogP contribution is -2.27. The summed E-state index contributed by atoms with van der Waals surface area (Å²) in [6.07, 6.45) is 1.54. The van der Waals surface area contributed by atoms with E-state index in [4.69, 9.17) is 9.47 Å². The average molecular weight is 354 g/mol. The standard InChI is InChI=1S/C19H22N4O3/c1-11-8-12(2)23-18(21-11)16(10-20-23)19(24)22-13(3)15-9-14(25-4)6-7-17(15)26-5/h6-10,13H,1-5H3,(H,22,24)/t13-/m0/s1. The predicted molar refractivity (Wildman–Crippen MR) is 97.9 cm³/mol. The van der Waals surface area contributed by atoms with Crippen molar-refractivity contribution in [3.63, 3.8) is 0 Å². The quantitative estimate of drug-likeness (QED) is 0.762. The van der Waals surface area contributed by atoms with E-state index >= 15 is 0 Å². The number of nitrogens with zero attached hydrogens (tertiary/aromatic N) is 3. The lowest BCUT2D eigenvalue weighted by atomic mass is 10.1. The van der Waals surface area contributed by atoms with Crippen molar-refractivity contribution in [3.8, 4) is 11.5 Å². The van der Waals surface area contributed by atoms with Crippen LogP contribution in [0.2, 0.25) is 0 Å². The van der Waals surface area contributed by atoms with E-state index in [1.165, 1.54) is 0 Å². The van der Waals surface area contributed by atoms with Crippen molar-refractivity contribution in [3.05, 3.63) is 53.0 Å². The van der Waals surface area contributed by atoms with Gasteiger partial charge < -0.3 is 14.8 Å². The molecule has 0 unspecified atom stereocenters. The van der Waals surface area contributed by atoms with Gasteiger partial charge in [-0.3, -0.25) is 4.79 Å². The zero-order valence-electron chi connectivity index (χ0n) is 15.5. The van der Waals surface area contributed by atoms with Crippen molar-refractivity contribution in [2.24, 2.45) is 0 Å². The molecule has 0 radical (unpaired) electrons. The molecule has 0 aliphatic rings. The molecule has 2 aromatic heterocycles. The smallest absolute Gasteiger partial charge is 0.257 e. The molecule has 0 aliphatic carbocycles. The molecule has 0 saturated heterocycles. The van der Waals surface area contributed by atoms with E-state index in [1.54, 1.807) is 24.9 Å². The Bertz CT molecular complexity index is 965. The Morgan fingerprint density at radius 1 is 1.19 bits per heavy atom. The van der Waals surface area contributed by atoms with Gasteiger partial charge in [0.2, 0.25) is 0 Å². The molecule has 1 N–H and O–H groups in total. The van der Waals surface area contributed by atoms with Crippen LogP contribution in [0.25, 0.3) is 5.65 Å². The third kappa shape index (κ3) is 3.20. The normalized spacial score (nSPS) is 12.0. The van der Waals surface area contributed by atoms with E-state index in [9.17, 15) is 4.79 Å². The predicted octanol–water partition coefficient (Wildman–Crippen LogP) is 2.85. The van der Waals surface area contributed by atoms with E-state index < -0.39 is 0 Å². The van der Waals surface area contributed by atoms with Crippen molar-refractivity contribution in [1.82, 2.24) is 19.9 Å². The minimum Gasteiger partial charge on any atom is -0.497 e. The first-order chi connectivity index (χ1) is 12.4. The van der Waals surface area contributed by atoms with Crippen LogP contribution in [0.1, 0.15) is 40.3 Å². The summed E-state index contributed by atoms with van der Waals surface area (Å²) >= 11 is 0. The van der Waals surface area contributed by atoms with Gasteiger partial charge in [0.1, 0.15) is 17.1 Å². The van der Waals surface area contributed by atoms with Crippen molar-refractivity contribution < 1.29 is 14.3 Å². The van der Waals surface area contributed by atoms with Gasteiger partial charge >= 0.3 is 0 Å². The molecule has 0 bridgehead atoms. The van der Waals surface area contributed by atoms with Gasteiger partial charge in [0.15, 0.2) is 5.65 Å². The summed E-state index contributed by atoms with van der Waals surface area (Å²) < 4.78 is 12.3. The Kier molecular flexibility index (Phi) is 4.79. The summed E-state index contributed by atoms with van der Waals surface area (Å²) in [6.45, 7) is 5.72. The number of benzene rings is 1. The van der Waals surface area contributed by atoms with Crippen LogP contribution in [0.15, 0.2) is 30.5 Å². The number of hydrogen-bond acceptors (Lipinski definition) is 5. The van der Waals surface area contributed by atoms with Crippen molar-refractivity contribution in [1.29, 1.82) is 0 Å². The van der Waals surface area contributed by atoms with Gasteiger partial charge in [0.25, 0.3) is 5.91 Å². The first kappa shape index (κ1) is 17.7. The van der Waals surface area contributed by atoms with E-state index in [1.807, 2.05) is 45.0 Å². The van der Waals surface area contributed by atoms with Crippen molar-refractivity contribution in [2.75, 3.05) is 14.2 Å². The fraction of sp³-hybridized carbons (Fsp3) is 0.316. The molecular formula is C19H22N4O3. The fourth-order valence-corrected chi connectivity index (χ4v) is 2.96. The Hall–Kier alpha value is -3.09. The van der Waals surface area contributed by atoms with Gasteiger partial charge in [-0.15, -0.1) is 0 Å². The molecule has 136 valence electrons. The van der Waals surface area contributed by atoms with Crippen LogP contribution in [-0.4, -0.2) is 34.7 Å². The zero-order valence-corrected chi connectivity index (χ0v) is 15.5. The third-order valence-electron chi connectivity index (χ3n) is 4.27. The molecule has 1 aromatic carbocycles. The van der Waals surface area contributed by atoms with Gasteiger partial charge in [0, 0.05) is 17.0 Å². The minimum atomic E-state index is -0.284. The maximum Gasteiger partial charge on any atom is 0.257 e. The molecule has 0 aliphatic heterocycles. The van der Waals surface area contributed by atoms with Crippen LogP contribution in [-0.2, 0) is 0 Å². The van der Waals surface area contributed by atoms with Crippen LogP contribution >= 0.6 is 0 Å². The van der Waals surface area contributed by atoms with E-state index in [-0.39, 0.29) is 11.9 Å². The summed E-state index contributed by atoms with van der Waals surface area (Å²) in [5.74, 6) is 1.14. The van der Waals surface area contributed by atoms with E-state index in [0.717, 1.165) is 17.0 Å². The molecule has 1 atom stereocenters. The molecule has 3 aromatic rings. The van der Waals surface area contributed by atoms with Gasteiger partial charge in [0.05, 0.1) is 26.5 Å². The second kappa shape index (κ2) is 7.03. The first-order valence-electron chi connectivity index (χ1n) is 8.29. The highest BCUT2D eigenvalue weighted by Gasteiger charge is 2.20. The number of rotatable bonds is 5. The summed E-state index contributed by atoms with van der Waals surface area (Å²) in [6, 6.07) is 7.13. The minimum absolute atomic E-state index is 0.241. The molecule has 7 heteroatoms. The number of ether oxygens (including phenoxy) is 2. The van der Waals surface area contributed by atoms with Gasteiger partial charge in [-0.25, -0.2) is 9.50 Å². The Balaban J connectivity index is 1.91. The molecule has 26 heavy (non-hydrogen) atoms. The lowest BCUT2D eigenvalue weighted by Gasteiger charge is -2.18. The summed E-state index contributed by atoms with van der Waals surface area (Å²) in [7, 11) is 3.20. The Labute approximate surface area is 152 Å². The second-order valence-corrected chi connectivity index (χ2v) is 6.14. The van der Waals surface area contributed by atoms with E-state index in [2.05, 4.69) is 15.4 Å². The molecule has 3 rings (SSSR count). The highest BCUT2D eigenvalue weighted by molar-refractivity contribution is 5.99. The number of fused-ring (bicyclic) bond motifs is 1. The lowest BCUT2D eigenvalue weighted by molar-refractivity contribution is 0.0941. The van der Waals surface area contributed by atoms with Gasteiger partial charge in [-0.05, 0) is 45.0 Å². The summed E-state index contributed by atoms with van der Waals surface area (Å²) in [4.78, 5) is 17.3. The zero-order chi connectivity index (χ0) is 18.8. The maximum atomic E-state index is 12.8. The molecule has 1 amide bonds. The van der Waals surface area contributed by atoms with Crippen molar-refractivity contribution in [2.45, 2.75) is 26.8 Å². The number of carbonyl (C=O) groups excluding carboxylic acids is 1. The van der Waals surface area contributed by atoms with Crippen LogP contribution in [0.3, 0.4) is 0 Å². The van der Waals surface area contributed by atoms with Gasteiger partial charge in [-0.1, -0.05) is 0 Å². The number of nitrogens with one attached hydrogen (secondary N) is 1. The monoisotopic (exact) mass is 354 g/mol. The van der Waals surface area contributed by atoms with Crippen LogP contribution in [0.5, 0.6) is 11.5 Å². The molecule has 2 heterocycles. The van der Waals surface area contributed by atoms with Gasteiger partial charge in [-0.2, -0.15) is 5.10 Å². The second-order valence-electron chi connectivity index (χ2n) is 6.14. The highest BCUT2D eigenvalue weighted by Crippen LogP contribution is 2.29. The number of aryl methyl sites for hydroxylation is 2. The SMILES string of the molecule is COc1ccc(OC)c([C@H](C)NC(=O)c2cnn3c(C)cc(C)nc23)c1. The Morgan fingerprint density at radius 3 is 2.65 bits per heavy atom. The number of carbonyl (C=O) groups is 1. The topological polar surface area (TPSA) is 77.8 Å². The largest absolute Gasteiger partial charge is 0.497 e. The molecule has 0 saturated carbocycles. The number of hydrogen-bond donors (Lipinski definition) is 1. The molecule has 7 nitrogen and oxygen atoms in total. The molecule has 0 fully saturated rings. The van der Waals surface area contributed by atoms with Crippen LogP contribution in [0.4, 0.5) is 0 Å². The number of aromatic nitrogens is 3. The summed E-state index contributed by atoms with van der Waals surface area (Å²) in [5, 5.41) is 7.26. The first-order valence-corrected chi connectivity index (χ1v) is 8.29. The molecular weight excluding hydrogens is 332 g/mol. The van der Waals surface area contributed by atoms with Crippen LogP contribution in [0, 0.1) is 13.8 Å². The number of amides is 1. The van der Waals surface area contributed by atoms with E-state index in [0.29, 0.717) is 22.7 Å². The number of methoxy groups -OCH3 is 2. The highest BCUT2D eigenvalue weighted by atomic mass is 16.5. The maximum absolute atomic E-state index is 12.8. The van der Waals surface area contributed by atoms with Crippen molar-refractivity contribution >= 4 is 11.6 Å². The average Bonchev–Trinajstić information content (AvgIpc) is 3.05. The summed E-state index contributed by atoms with van der Waals surface area (Å²) in [5.41, 5.74) is 3.58. The third-order valence-corrected chi connectivity index (χ3v) is 4.27. The Morgan fingerprint density at radius 2 is 1.96 bits per heavy atom. The van der Waals surface area contributed by atoms with Crippen LogP contribution < -0.4 is 14.8 Å². The molecule has 0 spiro atoms.